The van der Waals surface area contributed by atoms with Gasteiger partial charge >= 0.3 is 0 Å². The van der Waals surface area contributed by atoms with E-state index >= 15 is 0 Å². The van der Waals surface area contributed by atoms with Crippen LogP contribution < -0.4 is 10.2 Å². The first-order valence-electron chi connectivity index (χ1n) is 8.69. The fourth-order valence-electron chi connectivity index (χ4n) is 3.02. The monoisotopic (exact) mass is 368 g/mol. The summed E-state index contributed by atoms with van der Waals surface area (Å²) in [6.07, 6.45) is 8.55. The highest BCUT2D eigenvalue weighted by atomic mass is 32.2. The molecule has 24 heavy (non-hydrogen) atoms. The van der Waals surface area contributed by atoms with Crippen LogP contribution in [0.2, 0.25) is 0 Å². The lowest BCUT2D eigenvalue weighted by Crippen LogP contribution is -2.36. The molecule has 0 aliphatic heterocycles. The summed E-state index contributed by atoms with van der Waals surface area (Å²) in [4.78, 5) is 25.5. The molecule has 1 aromatic rings. The third kappa shape index (κ3) is 4.92. The first kappa shape index (κ1) is 17.7. The van der Waals surface area contributed by atoms with Crippen LogP contribution in [0.3, 0.4) is 0 Å². The van der Waals surface area contributed by atoms with Crippen LogP contribution in [0.1, 0.15) is 58.3 Å². The molecule has 6 nitrogen and oxygen atoms in total. The van der Waals surface area contributed by atoms with Crippen molar-refractivity contribution in [3.05, 3.63) is 0 Å². The van der Waals surface area contributed by atoms with Gasteiger partial charge < -0.3 is 5.32 Å². The summed E-state index contributed by atoms with van der Waals surface area (Å²) >= 11 is 2.98. The molecule has 0 bridgehead atoms. The van der Waals surface area contributed by atoms with Crippen LogP contribution in [-0.2, 0) is 9.59 Å². The first-order valence-corrected chi connectivity index (χ1v) is 10.5. The van der Waals surface area contributed by atoms with Gasteiger partial charge in [0.1, 0.15) is 0 Å². The summed E-state index contributed by atoms with van der Waals surface area (Å²) in [6, 6.07) is 0.668. The Morgan fingerprint density at radius 3 is 2.62 bits per heavy atom. The molecule has 2 amide bonds. The zero-order valence-electron chi connectivity index (χ0n) is 14.0. The number of thioether (sulfide) groups is 1. The molecule has 1 N–H and O–H groups in total. The Morgan fingerprint density at radius 1 is 1.21 bits per heavy atom. The van der Waals surface area contributed by atoms with Crippen molar-refractivity contribution in [2.45, 2.75) is 74.7 Å². The SMILES string of the molecule is CC(=O)N(c1nnc(SCCC(=O)NC2CCCCC2)s1)C1CC1. The predicted molar refractivity (Wildman–Crippen MR) is 96.4 cm³/mol. The van der Waals surface area contributed by atoms with Crippen molar-refractivity contribution >= 4 is 40.0 Å². The molecular weight excluding hydrogens is 344 g/mol. The summed E-state index contributed by atoms with van der Waals surface area (Å²) in [6.45, 7) is 1.57. The molecule has 0 saturated heterocycles. The van der Waals surface area contributed by atoms with Crippen LogP contribution in [0.4, 0.5) is 5.13 Å². The van der Waals surface area contributed by atoms with Gasteiger partial charge in [-0.15, -0.1) is 10.2 Å². The van der Waals surface area contributed by atoms with Gasteiger partial charge in [0.25, 0.3) is 0 Å². The molecule has 2 aliphatic rings. The van der Waals surface area contributed by atoms with Gasteiger partial charge in [0, 0.05) is 31.2 Å². The Morgan fingerprint density at radius 2 is 1.96 bits per heavy atom. The highest BCUT2D eigenvalue weighted by Crippen LogP contribution is 2.35. The van der Waals surface area contributed by atoms with E-state index in [0.717, 1.165) is 30.0 Å². The average Bonchev–Trinajstić information content (AvgIpc) is 3.27. The number of hydrogen-bond donors (Lipinski definition) is 1. The van der Waals surface area contributed by atoms with Crippen LogP contribution in [0, 0.1) is 0 Å². The maximum atomic E-state index is 12.0. The van der Waals surface area contributed by atoms with Gasteiger partial charge in [-0.3, -0.25) is 14.5 Å². The van der Waals surface area contributed by atoms with Gasteiger partial charge in [-0.1, -0.05) is 42.4 Å². The summed E-state index contributed by atoms with van der Waals surface area (Å²) < 4.78 is 0.822. The lowest BCUT2D eigenvalue weighted by atomic mass is 9.95. The highest BCUT2D eigenvalue weighted by Gasteiger charge is 2.34. The third-order valence-corrected chi connectivity index (χ3v) is 6.44. The Hall–Kier alpha value is -1.15. The molecule has 132 valence electrons. The first-order chi connectivity index (χ1) is 11.6. The summed E-state index contributed by atoms with van der Waals surface area (Å²) in [5.74, 6) is 0.844. The lowest BCUT2D eigenvalue weighted by Gasteiger charge is -2.22. The number of carbonyl (C=O) groups is 2. The average molecular weight is 369 g/mol. The van der Waals surface area contributed by atoms with Gasteiger partial charge in [-0.2, -0.15) is 0 Å². The van der Waals surface area contributed by atoms with E-state index in [-0.39, 0.29) is 11.8 Å². The van der Waals surface area contributed by atoms with E-state index in [2.05, 4.69) is 15.5 Å². The molecule has 2 fully saturated rings. The maximum absolute atomic E-state index is 12.0. The second-order valence-electron chi connectivity index (χ2n) is 6.47. The van der Waals surface area contributed by atoms with E-state index in [1.54, 1.807) is 11.8 Å². The lowest BCUT2D eigenvalue weighted by molar-refractivity contribution is -0.121. The van der Waals surface area contributed by atoms with E-state index < -0.39 is 0 Å². The van der Waals surface area contributed by atoms with Crippen molar-refractivity contribution in [3.8, 4) is 0 Å². The zero-order chi connectivity index (χ0) is 16.9. The molecule has 2 aliphatic carbocycles. The molecule has 3 rings (SSSR count). The number of amides is 2. The maximum Gasteiger partial charge on any atom is 0.225 e. The van der Waals surface area contributed by atoms with Crippen molar-refractivity contribution in [2.75, 3.05) is 10.7 Å². The minimum atomic E-state index is 0.0251. The summed E-state index contributed by atoms with van der Waals surface area (Å²) in [5.41, 5.74) is 0. The number of nitrogens with one attached hydrogen (secondary N) is 1. The molecule has 1 heterocycles. The molecule has 8 heteroatoms. The van der Waals surface area contributed by atoms with Crippen LogP contribution in [-0.4, -0.2) is 39.8 Å². The third-order valence-electron chi connectivity index (χ3n) is 4.38. The molecule has 0 radical (unpaired) electrons. The van der Waals surface area contributed by atoms with E-state index in [4.69, 9.17) is 0 Å². The fraction of sp³-hybridized carbons (Fsp3) is 0.750. The fourth-order valence-corrected chi connectivity index (χ4v) is 4.98. The summed E-state index contributed by atoms with van der Waals surface area (Å²) in [7, 11) is 0. The van der Waals surface area contributed by atoms with Gasteiger partial charge in [0.15, 0.2) is 4.34 Å². The van der Waals surface area contributed by atoms with Crippen molar-refractivity contribution in [1.82, 2.24) is 15.5 Å². The molecule has 0 spiro atoms. The minimum absolute atomic E-state index is 0.0251. The van der Waals surface area contributed by atoms with E-state index in [1.807, 2.05) is 0 Å². The zero-order valence-corrected chi connectivity index (χ0v) is 15.6. The number of rotatable bonds is 7. The number of nitrogens with zero attached hydrogens (tertiary/aromatic N) is 3. The normalized spacial score (nSPS) is 18.4. The quantitative estimate of drug-likeness (QED) is 0.591. The predicted octanol–water partition coefficient (Wildman–Crippen LogP) is 2.98. The van der Waals surface area contributed by atoms with Crippen molar-refractivity contribution in [3.63, 3.8) is 0 Å². The van der Waals surface area contributed by atoms with Crippen molar-refractivity contribution in [1.29, 1.82) is 0 Å². The van der Waals surface area contributed by atoms with Crippen LogP contribution in [0.15, 0.2) is 4.34 Å². The summed E-state index contributed by atoms with van der Waals surface area (Å²) in [5, 5.41) is 12.1. The molecular formula is C16H24N4O2S2. The van der Waals surface area contributed by atoms with Gasteiger partial charge in [0.2, 0.25) is 16.9 Å². The topological polar surface area (TPSA) is 75.2 Å². The Balaban J connectivity index is 1.42. The van der Waals surface area contributed by atoms with Crippen molar-refractivity contribution in [2.24, 2.45) is 0 Å². The highest BCUT2D eigenvalue weighted by molar-refractivity contribution is 8.01. The van der Waals surface area contributed by atoms with Gasteiger partial charge in [-0.05, 0) is 25.7 Å². The molecule has 2 saturated carbocycles. The van der Waals surface area contributed by atoms with E-state index in [9.17, 15) is 9.59 Å². The van der Waals surface area contributed by atoms with Crippen molar-refractivity contribution < 1.29 is 9.59 Å². The smallest absolute Gasteiger partial charge is 0.225 e. The minimum Gasteiger partial charge on any atom is -0.353 e. The van der Waals surface area contributed by atoms with Crippen LogP contribution in [0.25, 0.3) is 0 Å². The number of carbonyl (C=O) groups excluding carboxylic acids is 2. The second kappa shape index (κ2) is 8.29. The Labute approximate surface area is 150 Å². The Bertz CT molecular complexity index is 582. The largest absolute Gasteiger partial charge is 0.353 e. The molecule has 1 aromatic heterocycles. The Kier molecular flexibility index (Phi) is 6.10. The number of hydrogen-bond acceptors (Lipinski definition) is 6. The standard InChI is InChI=1S/C16H24N4O2S2/c1-11(21)20(13-7-8-13)15-18-19-16(24-15)23-10-9-14(22)17-12-5-3-2-4-6-12/h12-13H,2-10H2,1H3,(H,17,22). The van der Waals surface area contributed by atoms with Gasteiger partial charge in [-0.25, -0.2) is 0 Å². The number of anilines is 1. The molecule has 0 unspecified atom stereocenters. The van der Waals surface area contributed by atoms with E-state index in [0.29, 0.717) is 29.4 Å². The van der Waals surface area contributed by atoms with Gasteiger partial charge in [0.05, 0.1) is 0 Å². The number of aromatic nitrogens is 2. The molecule has 0 aromatic carbocycles. The van der Waals surface area contributed by atoms with Crippen LogP contribution in [0.5, 0.6) is 0 Å². The van der Waals surface area contributed by atoms with E-state index in [1.165, 1.54) is 42.4 Å². The second-order valence-corrected chi connectivity index (χ2v) is 8.77. The molecule has 0 atom stereocenters. The van der Waals surface area contributed by atoms with Crippen LogP contribution >= 0.6 is 23.1 Å².